The fourth-order valence-electron chi connectivity index (χ4n) is 4.16. The zero-order chi connectivity index (χ0) is 24.5. The summed E-state index contributed by atoms with van der Waals surface area (Å²) >= 11 is 0. The molecule has 0 unspecified atom stereocenters. The fourth-order valence-corrected chi connectivity index (χ4v) is 4.16. The Bertz CT molecular complexity index is 1050. The molecule has 0 N–H and O–H groups in total. The largest absolute Gasteiger partial charge is 0.251 e. The molecule has 3 nitrogen and oxygen atoms in total. The summed E-state index contributed by atoms with van der Waals surface area (Å²) in [5, 5.41) is 0. The fraction of sp³-hybridized carbons (Fsp3) is 0.387. The van der Waals surface area contributed by atoms with Crippen LogP contribution in [0.4, 0.5) is 11.4 Å². The van der Waals surface area contributed by atoms with Crippen LogP contribution in [0.1, 0.15) is 86.0 Å². The van der Waals surface area contributed by atoms with Crippen LogP contribution in [0, 0.1) is 27.7 Å². The molecule has 186 valence electrons. The van der Waals surface area contributed by atoms with Gasteiger partial charge in [0, 0.05) is 17.1 Å². The minimum atomic E-state index is 0. The Hall–Kier alpha value is -2.55. The Morgan fingerprint density at radius 1 is 0.600 bits per heavy atom. The summed E-state index contributed by atoms with van der Waals surface area (Å²) in [4.78, 5) is 15.4. The maximum atomic E-state index is 5.15. The molecule has 0 fully saturated rings. The maximum absolute atomic E-state index is 5.15. The molecular weight excluding hydrogens is 470 g/mol. The number of pyridine rings is 1. The molecule has 1 heterocycles. The molecule has 4 heteroatoms. The average molecular weight is 510 g/mol. The Labute approximate surface area is 222 Å². The molecule has 0 radical (unpaired) electrons. The van der Waals surface area contributed by atoms with Crippen LogP contribution < -0.4 is 0 Å². The van der Waals surface area contributed by atoms with E-state index in [0.29, 0.717) is 0 Å². The number of aliphatic imine (C=N–C) groups is 2. The van der Waals surface area contributed by atoms with Gasteiger partial charge in [0.05, 0.1) is 34.2 Å². The molecule has 0 bridgehead atoms. The van der Waals surface area contributed by atoms with Gasteiger partial charge in [0.15, 0.2) is 0 Å². The Morgan fingerprint density at radius 2 is 0.943 bits per heavy atom. The van der Waals surface area contributed by atoms with Crippen molar-refractivity contribution in [3.8, 4) is 0 Å². The van der Waals surface area contributed by atoms with Gasteiger partial charge in [-0.3, -0.25) is 9.98 Å². The van der Waals surface area contributed by atoms with E-state index in [9.17, 15) is 0 Å². The molecule has 3 rings (SSSR count). The minimum Gasteiger partial charge on any atom is -0.251 e. The van der Waals surface area contributed by atoms with Gasteiger partial charge in [-0.15, -0.1) is 0 Å². The molecule has 0 aliphatic heterocycles. The summed E-state index contributed by atoms with van der Waals surface area (Å²) in [6, 6.07) is 19.0. The average Bonchev–Trinajstić information content (AvgIpc) is 2.83. The van der Waals surface area contributed by atoms with Crippen LogP contribution >= 0.6 is 0 Å². The molecule has 0 amide bonds. The van der Waals surface area contributed by atoms with Crippen molar-refractivity contribution < 1.29 is 17.1 Å². The quantitative estimate of drug-likeness (QED) is 0.199. The minimum absolute atomic E-state index is 0. The summed E-state index contributed by atoms with van der Waals surface area (Å²) in [7, 11) is 0. The summed E-state index contributed by atoms with van der Waals surface area (Å²) in [5.74, 6) is 0. The number of hydrogen-bond acceptors (Lipinski definition) is 3. The number of aromatic nitrogens is 1. The van der Waals surface area contributed by atoms with Gasteiger partial charge in [0.25, 0.3) is 0 Å². The van der Waals surface area contributed by atoms with Gasteiger partial charge in [-0.2, -0.15) is 0 Å². The van der Waals surface area contributed by atoms with Gasteiger partial charge in [-0.05, 0) is 87.8 Å². The summed E-state index contributed by atoms with van der Waals surface area (Å²) in [5.41, 5.74) is 11.0. The summed E-state index contributed by atoms with van der Waals surface area (Å²) in [6.07, 6.45) is 6.27. The number of nitrogens with zero attached hydrogens (tertiary/aromatic N) is 3. The van der Waals surface area contributed by atoms with Crippen molar-refractivity contribution in [3.63, 3.8) is 0 Å². The number of aryl methyl sites for hydroxylation is 4. The second kappa shape index (κ2) is 14.1. The van der Waals surface area contributed by atoms with E-state index in [-0.39, 0.29) is 17.1 Å². The number of para-hydroxylation sites is 2. The van der Waals surface area contributed by atoms with Crippen molar-refractivity contribution >= 4 is 22.8 Å². The third kappa shape index (κ3) is 7.72. The third-order valence-corrected chi connectivity index (χ3v) is 6.25. The number of unbranched alkanes of at least 4 members (excludes halogenated alkanes) is 2. The van der Waals surface area contributed by atoms with Crippen molar-refractivity contribution in [1.29, 1.82) is 0 Å². The van der Waals surface area contributed by atoms with Crippen LogP contribution in [0.15, 0.2) is 64.6 Å². The monoisotopic (exact) mass is 509 g/mol. The molecule has 0 atom stereocenters. The Kier molecular flexibility index (Phi) is 11.6. The molecule has 1 aromatic heterocycles. The third-order valence-electron chi connectivity index (χ3n) is 6.25. The van der Waals surface area contributed by atoms with Gasteiger partial charge in [-0.1, -0.05) is 69.2 Å². The van der Waals surface area contributed by atoms with E-state index in [1.54, 1.807) is 0 Å². The van der Waals surface area contributed by atoms with Crippen LogP contribution in [0.3, 0.4) is 0 Å². The second-order valence-electron chi connectivity index (χ2n) is 9.21. The first-order valence-corrected chi connectivity index (χ1v) is 12.7. The number of rotatable bonds is 10. The van der Waals surface area contributed by atoms with Crippen LogP contribution in [-0.2, 0) is 17.1 Å². The van der Waals surface area contributed by atoms with E-state index in [1.807, 2.05) is 0 Å². The Morgan fingerprint density at radius 3 is 1.29 bits per heavy atom. The maximum Gasteiger partial charge on any atom is 0.0852 e. The van der Waals surface area contributed by atoms with Crippen molar-refractivity contribution in [1.82, 2.24) is 4.98 Å². The van der Waals surface area contributed by atoms with Crippen LogP contribution in [-0.4, -0.2) is 16.4 Å². The van der Waals surface area contributed by atoms with E-state index in [1.165, 1.54) is 22.3 Å². The normalized spacial score (nSPS) is 11.9. The van der Waals surface area contributed by atoms with Crippen LogP contribution in [0.2, 0.25) is 0 Å². The topological polar surface area (TPSA) is 37.6 Å². The molecule has 0 aliphatic carbocycles. The van der Waals surface area contributed by atoms with Gasteiger partial charge >= 0.3 is 0 Å². The molecule has 0 aliphatic rings. The van der Waals surface area contributed by atoms with Gasteiger partial charge in [0.1, 0.15) is 0 Å². The van der Waals surface area contributed by atoms with E-state index in [0.717, 1.165) is 72.7 Å². The van der Waals surface area contributed by atoms with Gasteiger partial charge in [0.2, 0.25) is 0 Å². The first kappa shape index (κ1) is 28.7. The summed E-state index contributed by atoms with van der Waals surface area (Å²) < 4.78 is 0. The standard InChI is InChI=1S/C31H39N3.Fe/c1-7-9-18-28(33-30-22(3)14-11-15-23(30)4)26-20-13-21-27(32-26)29(19-10-8-2)34-31-24(5)16-12-17-25(31)6;/h11-17,20-21H,7-10,18-19H2,1-6H3;. The molecule has 0 saturated heterocycles. The van der Waals surface area contributed by atoms with Crippen molar-refractivity contribution in [2.24, 2.45) is 9.98 Å². The van der Waals surface area contributed by atoms with E-state index < -0.39 is 0 Å². The predicted octanol–water partition coefficient (Wildman–Crippen LogP) is 8.93. The zero-order valence-corrected chi connectivity index (χ0v) is 23.2. The van der Waals surface area contributed by atoms with E-state index in [2.05, 4.69) is 96.1 Å². The number of hydrogen-bond donors (Lipinski definition) is 0. The SMILES string of the molecule is CCCCC(=Nc1c(C)cccc1C)c1cccc(C(CCCC)=Nc2c(C)cccc2C)n1.[Fe]. The summed E-state index contributed by atoms with van der Waals surface area (Å²) in [6.45, 7) is 13.0. The van der Waals surface area contributed by atoms with E-state index in [4.69, 9.17) is 15.0 Å². The van der Waals surface area contributed by atoms with Crippen molar-refractivity contribution in [2.75, 3.05) is 0 Å². The number of benzene rings is 2. The second-order valence-corrected chi connectivity index (χ2v) is 9.21. The molecule has 2 aromatic carbocycles. The first-order chi connectivity index (χ1) is 16.4. The van der Waals surface area contributed by atoms with Crippen molar-refractivity contribution in [2.45, 2.75) is 80.1 Å². The Balaban J connectivity index is 0.00000432. The van der Waals surface area contributed by atoms with Crippen molar-refractivity contribution in [3.05, 3.63) is 88.2 Å². The van der Waals surface area contributed by atoms with Gasteiger partial charge < -0.3 is 0 Å². The molecule has 35 heavy (non-hydrogen) atoms. The molecule has 3 aromatic rings. The zero-order valence-electron chi connectivity index (χ0n) is 22.1. The molecule has 0 saturated carbocycles. The molecule has 0 spiro atoms. The van der Waals surface area contributed by atoms with E-state index >= 15 is 0 Å². The van der Waals surface area contributed by atoms with Crippen LogP contribution in [0.25, 0.3) is 0 Å². The smallest absolute Gasteiger partial charge is 0.0852 e. The predicted molar refractivity (Wildman–Crippen MR) is 148 cm³/mol. The first-order valence-electron chi connectivity index (χ1n) is 12.7. The molecular formula is C31H39FeN3. The van der Waals surface area contributed by atoms with Crippen LogP contribution in [0.5, 0.6) is 0 Å². The van der Waals surface area contributed by atoms with Gasteiger partial charge in [-0.25, -0.2) is 4.98 Å².